The number of phenols is 2. The van der Waals surface area contributed by atoms with E-state index in [2.05, 4.69) is 26.0 Å². The van der Waals surface area contributed by atoms with E-state index in [-0.39, 0.29) is 16.9 Å². The molecule has 0 saturated heterocycles. The smallest absolute Gasteiger partial charge is 0.123 e. The van der Waals surface area contributed by atoms with Gasteiger partial charge in [-0.15, -0.1) is 0 Å². The minimum Gasteiger partial charge on any atom is -0.507 e. The Morgan fingerprint density at radius 3 is 1.48 bits per heavy atom. The van der Waals surface area contributed by atoms with Gasteiger partial charge in [-0.1, -0.05) is 106 Å². The van der Waals surface area contributed by atoms with Gasteiger partial charge >= 0.3 is 0 Å². The van der Waals surface area contributed by atoms with Gasteiger partial charge in [0.15, 0.2) is 0 Å². The molecule has 33 heavy (non-hydrogen) atoms. The van der Waals surface area contributed by atoms with Crippen molar-refractivity contribution < 1.29 is 10.2 Å². The summed E-state index contributed by atoms with van der Waals surface area (Å²) in [6, 6.07) is 32.0. The van der Waals surface area contributed by atoms with Gasteiger partial charge in [-0.25, -0.2) is 0 Å². The molecule has 4 rings (SSSR count). The first kappa shape index (κ1) is 22.7. The maximum absolute atomic E-state index is 10.6. The van der Waals surface area contributed by atoms with E-state index in [1.54, 1.807) is 0 Å². The molecule has 0 aliphatic heterocycles. The van der Waals surface area contributed by atoms with E-state index < -0.39 is 0 Å². The van der Waals surface area contributed by atoms with Crippen LogP contribution < -0.4 is 0 Å². The third-order valence-electron chi connectivity index (χ3n) is 6.72. The molecule has 0 spiro atoms. The summed E-state index contributed by atoms with van der Waals surface area (Å²) in [6.45, 7) is 4.50. The van der Waals surface area contributed by atoms with Crippen LogP contribution in [0.4, 0.5) is 0 Å². The zero-order chi connectivity index (χ0) is 23.3. The van der Waals surface area contributed by atoms with Gasteiger partial charge in [0, 0.05) is 16.5 Å². The molecule has 0 aliphatic rings. The number of hydrogen-bond donors (Lipinski definition) is 2. The Labute approximate surface area is 197 Å². The Morgan fingerprint density at radius 1 is 0.606 bits per heavy atom. The molecule has 168 valence electrons. The molecule has 4 aromatic rings. The van der Waals surface area contributed by atoms with Crippen molar-refractivity contribution in [3.8, 4) is 33.8 Å². The van der Waals surface area contributed by atoms with Crippen LogP contribution in [0, 0.1) is 0 Å². The predicted molar refractivity (Wildman–Crippen MR) is 138 cm³/mol. The number of aromatic hydroxyl groups is 2. The van der Waals surface area contributed by atoms with Gasteiger partial charge in [-0.3, -0.25) is 0 Å². The van der Waals surface area contributed by atoms with Crippen LogP contribution in [0.2, 0.25) is 0 Å². The van der Waals surface area contributed by atoms with Gasteiger partial charge in [0.1, 0.15) is 11.5 Å². The molecule has 0 unspecified atom stereocenters. The Bertz CT molecular complexity index is 1110. The van der Waals surface area contributed by atoms with Crippen molar-refractivity contribution >= 4 is 0 Å². The Morgan fingerprint density at radius 2 is 1.06 bits per heavy atom. The molecule has 0 radical (unpaired) electrons. The molecule has 0 amide bonds. The van der Waals surface area contributed by atoms with E-state index in [9.17, 15) is 10.2 Å². The fraction of sp³-hybridized carbons (Fsp3) is 0.226. The molecule has 0 aliphatic carbocycles. The number of rotatable bonds is 8. The zero-order valence-corrected chi connectivity index (χ0v) is 19.5. The second kappa shape index (κ2) is 9.95. The van der Waals surface area contributed by atoms with Crippen molar-refractivity contribution in [3.63, 3.8) is 0 Å². The summed E-state index contributed by atoms with van der Waals surface area (Å²) in [7, 11) is 0. The van der Waals surface area contributed by atoms with Gasteiger partial charge in [-0.2, -0.15) is 0 Å². The molecule has 0 fully saturated rings. The number of hydrogen-bond acceptors (Lipinski definition) is 2. The molecule has 0 saturated carbocycles. The minimum atomic E-state index is -0.260. The maximum Gasteiger partial charge on any atom is 0.123 e. The van der Waals surface area contributed by atoms with Crippen LogP contribution >= 0.6 is 0 Å². The second-order valence-electron chi connectivity index (χ2n) is 8.99. The second-order valence-corrected chi connectivity index (χ2v) is 8.99. The predicted octanol–water partition coefficient (Wildman–Crippen LogP) is 8.32. The van der Waals surface area contributed by atoms with Crippen molar-refractivity contribution in [2.75, 3.05) is 0 Å². The van der Waals surface area contributed by atoms with Crippen molar-refractivity contribution in [1.29, 1.82) is 0 Å². The van der Waals surface area contributed by atoms with E-state index in [4.69, 9.17) is 0 Å². The van der Waals surface area contributed by atoms with Gasteiger partial charge in [0.2, 0.25) is 0 Å². The highest BCUT2D eigenvalue weighted by Crippen LogP contribution is 2.43. The topological polar surface area (TPSA) is 40.5 Å². The largest absolute Gasteiger partial charge is 0.507 e. The molecule has 0 aromatic heterocycles. The Hall–Kier alpha value is -3.52. The van der Waals surface area contributed by atoms with E-state index in [0.29, 0.717) is 0 Å². The van der Waals surface area contributed by atoms with Crippen molar-refractivity contribution in [2.24, 2.45) is 0 Å². The lowest BCUT2D eigenvalue weighted by atomic mass is 9.71. The Balaban J connectivity index is 1.84. The number of unbranched alkanes of at least 4 members (excludes halogenated alkanes) is 2. The summed E-state index contributed by atoms with van der Waals surface area (Å²) in [5.41, 5.74) is 5.77. The fourth-order valence-corrected chi connectivity index (χ4v) is 4.64. The molecule has 4 aromatic carbocycles. The molecular weight excluding hydrogens is 404 g/mol. The summed E-state index contributed by atoms with van der Waals surface area (Å²) in [5.74, 6) is 0.577. The summed E-state index contributed by atoms with van der Waals surface area (Å²) < 4.78 is 0. The van der Waals surface area contributed by atoms with Crippen LogP contribution in [0.3, 0.4) is 0 Å². The average Bonchev–Trinajstić information content (AvgIpc) is 2.85. The lowest BCUT2D eigenvalue weighted by molar-refractivity contribution is 0.466. The maximum atomic E-state index is 10.6. The number of benzene rings is 4. The van der Waals surface area contributed by atoms with Crippen LogP contribution in [0.1, 0.15) is 50.7 Å². The third-order valence-corrected chi connectivity index (χ3v) is 6.72. The Kier molecular flexibility index (Phi) is 6.84. The molecular formula is C31H32O2. The SMILES string of the molecule is CCCCCC(C)(c1ccc(O)c(-c2ccccc2)c1)c1ccc(O)c(-c2ccccc2)c1. The lowest BCUT2D eigenvalue weighted by Crippen LogP contribution is -2.24. The van der Waals surface area contributed by atoms with E-state index in [1.165, 1.54) is 17.5 Å². The molecule has 0 bridgehead atoms. The van der Waals surface area contributed by atoms with Gasteiger partial charge in [0.05, 0.1) is 0 Å². The number of phenolic OH excluding ortho intramolecular Hbond substituents is 2. The lowest BCUT2D eigenvalue weighted by Gasteiger charge is -2.32. The molecule has 0 atom stereocenters. The van der Waals surface area contributed by atoms with Crippen molar-refractivity contribution in [2.45, 2.75) is 44.9 Å². The molecule has 2 nitrogen and oxygen atoms in total. The summed E-state index contributed by atoms with van der Waals surface area (Å²) in [5, 5.41) is 21.3. The van der Waals surface area contributed by atoms with Crippen molar-refractivity contribution in [1.82, 2.24) is 0 Å². The van der Waals surface area contributed by atoms with Gasteiger partial charge in [-0.05, 0) is 52.9 Å². The standard InChI is InChI=1S/C31H32O2/c1-3-4-11-20-31(2,25-16-18-29(32)27(21-25)23-12-7-5-8-13-23)26-17-19-30(33)28(22-26)24-14-9-6-10-15-24/h5-10,12-19,21-22,32-33H,3-4,11,20H2,1-2H3. The zero-order valence-electron chi connectivity index (χ0n) is 19.5. The highest BCUT2D eigenvalue weighted by Gasteiger charge is 2.30. The van der Waals surface area contributed by atoms with Crippen LogP contribution in [-0.2, 0) is 5.41 Å². The summed E-state index contributed by atoms with van der Waals surface area (Å²) >= 11 is 0. The van der Waals surface area contributed by atoms with E-state index in [1.807, 2.05) is 84.9 Å². The fourth-order valence-electron chi connectivity index (χ4n) is 4.64. The normalized spacial score (nSPS) is 11.5. The highest BCUT2D eigenvalue weighted by atomic mass is 16.3. The summed E-state index contributed by atoms with van der Waals surface area (Å²) in [4.78, 5) is 0. The molecule has 2 heteroatoms. The first-order chi connectivity index (χ1) is 16.0. The van der Waals surface area contributed by atoms with Gasteiger partial charge < -0.3 is 10.2 Å². The highest BCUT2D eigenvalue weighted by molar-refractivity contribution is 5.73. The quantitative estimate of drug-likeness (QED) is 0.273. The molecule has 2 N–H and O–H groups in total. The van der Waals surface area contributed by atoms with Crippen LogP contribution in [0.25, 0.3) is 22.3 Å². The van der Waals surface area contributed by atoms with E-state index >= 15 is 0 Å². The van der Waals surface area contributed by atoms with Crippen LogP contribution in [0.15, 0.2) is 97.1 Å². The molecule has 0 heterocycles. The van der Waals surface area contributed by atoms with Gasteiger partial charge in [0.25, 0.3) is 0 Å². The van der Waals surface area contributed by atoms with Crippen LogP contribution in [0.5, 0.6) is 11.5 Å². The third kappa shape index (κ3) is 4.80. The monoisotopic (exact) mass is 436 g/mol. The van der Waals surface area contributed by atoms with Crippen LogP contribution in [-0.4, -0.2) is 10.2 Å². The first-order valence-electron chi connectivity index (χ1n) is 11.8. The average molecular weight is 437 g/mol. The van der Waals surface area contributed by atoms with E-state index in [0.717, 1.165) is 41.5 Å². The minimum absolute atomic E-state index is 0.260. The first-order valence-corrected chi connectivity index (χ1v) is 11.8. The van der Waals surface area contributed by atoms with Crippen molar-refractivity contribution in [3.05, 3.63) is 108 Å². The summed E-state index contributed by atoms with van der Waals surface area (Å²) in [6.07, 6.45) is 4.42.